The van der Waals surface area contributed by atoms with Crippen LogP contribution in [0.2, 0.25) is 0 Å². The largest absolute Gasteiger partial charge is 0.506 e. The molecule has 0 bridgehead atoms. The molecule has 0 aliphatic heterocycles. The number of hydrogen-bond acceptors (Lipinski definition) is 4. The predicted octanol–water partition coefficient (Wildman–Crippen LogP) is 0.632. The average Bonchev–Trinajstić information content (AvgIpc) is 3.04. The van der Waals surface area contributed by atoms with E-state index >= 15 is 0 Å². The number of nitrogens with one attached hydrogen (secondary N) is 1. The van der Waals surface area contributed by atoms with Crippen molar-refractivity contribution < 1.29 is 14.6 Å². The minimum atomic E-state index is -0.162. The van der Waals surface area contributed by atoms with Gasteiger partial charge in [-0.15, -0.1) is 0 Å². The number of para-hydroxylation sites is 1. The van der Waals surface area contributed by atoms with Crippen molar-refractivity contribution in [3.8, 4) is 11.5 Å². The number of hydrogen-bond donors (Lipinski definition) is 3. The van der Waals surface area contributed by atoms with E-state index in [2.05, 4.69) is 5.32 Å². The number of carbonyl (C=O) groups excluding carboxylic acids is 1. The highest BCUT2D eigenvalue weighted by molar-refractivity contribution is 5.78. The fraction of sp³-hybridized carbons (Fsp3) is 0.364. The second kappa shape index (κ2) is 4.30. The summed E-state index contributed by atoms with van der Waals surface area (Å²) in [5.74, 6) is 0.122. The third-order valence-electron chi connectivity index (χ3n) is 2.34. The van der Waals surface area contributed by atoms with E-state index < -0.39 is 0 Å². The van der Waals surface area contributed by atoms with Crippen molar-refractivity contribution in [1.29, 1.82) is 0 Å². The SMILES string of the molecule is Nc1c(O)cccc1OCC(=O)NC1CC1. The molecule has 0 saturated heterocycles. The fourth-order valence-corrected chi connectivity index (χ4v) is 1.30. The Bertz CT molecular complexity index is 402. The Morgan fingerprint density at radius 3 is 3.00 bits per heavy atom. The van der Waals surface area contributed by atoms with E-state index in [1.54, 1.807) is 12.1 Å². The first-order valence-corrected chi connectivity index (χ1v) is 5.16. The molecule has 16 heavy (non-hydrogen) atoms. The number of nitrogens with two attached hydrogens (primary N) is 1. The zero-order valence-electron chi connectivity index (χ0n) is 8.77. The van der Waals surface area contributed by atoms with Gasteiger partial charge in [-0.05, 0) is 25.0 Å². The Hall–Kier alpha value is -1.91. The molecule has 0 heterocycles. The van der Waals surface area contributed by atoms with Gasteiger partial charge in [-0.3, -0.25) is 4.79 Å². The zero-order chi connectivity index (χ0) is 11.5. The van der Waals surface area contributed by atoms with Crippen molar-refractivity contribution in [2.24, 2.45) is 0 Å². The standard InChI is InChI=1S/C11H14N2O3/c12-11-8(14)2-1-3-9(11)16-6-10(15)13-7-4-5-7/h1-3,7,14H,4-6,12H2,(H,13,15). The topological polar surface area (TPSA) is 84.6 Å². The van der Waals surface area contributed by atoms with Crippen LogP contribution in [0.1, 0.15) is 12.8 Å². The number of ether oxygens (including phenoxy) is 1. The molecule has 1 aromatic rings. The smallest absolute Gasteiger partial charge is 0.258 e. The number of rotatable bonds is 4. The van der Waals surface area contributed by atoms with E-state index in [1.807, 2.05) is 0 Å². The van der Waals surface area contributed by atoms with Crippen LogP contribution in [-0.2, 0) is 4.79 Å². The summed E-state index contributed by atoms with van der Waals surface area (Å²) in [6, 6.07) is 5.00. The summed E-state index contributed by atoms with van der Waals surface area (Å²) in [6.07, 6.45) is 2.08. The van der Waals surface area contributed by atoms with Gasteiger partial charge in [0.1, 0.15) is 17.2 Å². The Morgan fingerprint density at radius 1 is 1.56 bits per heavy atom. The number of nitrogen functional groups attached to an aromatic ring is 1. The zero-order valence-corrected chi connectivity index (χ0v) is 8.77. The fourth-order valence-electron chi connectivity index (χ4n) is 1.30. The molecule has 2 rings (SSSR count). The molecular formula is C11H14N2O3. The lowest BCUT2D eigenvalue weighted by Gasteiger charge is -2.09. The first kappa shape index (κ1) is 10.6. The van der Waals surface area contributed by atoms with Crippen LogP contribution in [0.25, 0.3) is 0 Å². The molecule has 4 N–H and O–H groups in total. The van der Waals surface area contributed by atoms with Gasteiger partial charge >= 0.3 is 0 Å². The van der Waals surface area contributed by atoms with Crippen molar-refractivity contribution >= 4 is 11.6 Å². The van der Waals surface area contributed by atoms with Crippen LogP contribution in [0.3, 0.4) is 0 Å². The van der Waals surface area contributed by atoms with Crippen LogP contribution in [-0.4, -0.2) is 23.7 Å². The van der Waals surface area contributed by atoms with Gasteiger partial charge in [0.25, 0.3) is 5.91 Å². The van der Waals surface area contributed by atoms with Gasteiger partial charge < -0.3 is 20.9 Å². The third-order valence-corrected chi connectivity index (χ3v) is 2.34. The summed E-state index contributed by atoms with van der Waals surface area (Å²) < 4.78 is 5.21. The summed E-state index contributed by atoms with van der Waals surface area (Å²) in [7, 11) is 0. The molecule has 0 atom stereocenters. The van der Waals surface area contributed by atoms with Crippen molar-refractivity contribution in [3.05, 3.63) is 18.2 Å². The second-order valence-corrected chi connectivity index (χ2v) is 3.82. The lowest BCUT2D eigenvalue weighted by molar-refractivity contribution is -0.123. The number of phenols is 1. The quantitative estimate of drug-likeness (QED) is 0.515. The van der Waals surface area contributed by atoms with Crippen molar-refractivity contribution in [1.82, 2.24) is 5.32 Å². The van der Waals surface area contributed by atoms with Gasteiger partial charge in [0.05, 0.1) is 0 Å². The maximum Gasteiger partial charge on any atom is 0.258 e. The van der Waals surface area contributed by atoms with Gasteiger partial charge in [0, 0.05) is 6.04 Å². The molecular weight excluding hydrogens is 208 g/mol. The molecule has 0 unspecified atom stereocenters. The maximum atomic E-state index is 11.3. The van der Waals surface area contributed by atoms with E-state index in [-0.39, 0.29) is 24.0 Å². The molecule has 1 amide bonds. The van der Waals surface area contributed by atoms with E-state index in [0.717, 1.165) is 12.8 Å². The first-order valence-electron chi connectivity index (χ1n) is 5.16. The summed E-state index contributed by atoms with van der Waals surface area (Å²) in [4.78, 5) is 11.3. The summed E-state index contributed by atoms with van der Waals surface area (Å²) in [5.41, 5.74) is 5.73. The van der Waals surface area contributed by atoms with E-state index in [0.29, 0.717) is 11.8 Å². The Kier molecular flexibility index (Phi) is 2.85. The molecule has 5 heteroatoms. The minimum absolute atomic E-state index is 0.0416. The lowest BCUT2D eigenvalue weighted by Crippen LogP contribution is -2.30. The molecule has 0 spiro atoms. The Morgan fingerprint density at radius 2 is 2.31 bits per heavy atom. The maximum absolute atomic E-state index is 11.3. The summed E-state index contributed by atoms with van der Waals surface area (Å²) in [5, 5.41) is 12.1. The van der Waals surface area contributed by atoms with Crippen LogP contribution in [0.5, 0.6) is 11.5 Å². The predicted molar refractivity (Wildman–Crippen MR) is 59.2 cm³/mol. The second-order valence-electron chi connectivity index (χ2n) is 3.82. The monoisotopic (exact) mass is 222 g/mol. The molecule has 1 saturated carbocycles. The van der Waals surface area contributed by atoms with Gasteiger partial charge in [-0.2, -0.15) is 0 Å². The van der Waals surface area contributed by atoms with Crippen molar-refractivity contribution in [2.45, 2.75) is 18.9 Å². The highest BCUT2D eigenvalue weighted by Crippen LogP contribution is 2.29. The van der Waals surface area contributed by atoms with E-state index in [1.165, 1.54) is 6.07 Å². The average molecular weight is 222 g/mol. The van der Waals surface area contributed by atoms with Crippen LogP contribution < -0.4 is 15.8 Å². The highest BCUT2D eigenvalue weighted by Gasteiger charge is 2.23. The van der Waals surface area contributed by atoms with Crippen LogP contribution in [0.4, 0.5) is 5.69 Å². The number of phenolic OH excluding ortho intramolecular Hbond substituents is 1. The van der Waals surface area contributed by atoms with Crippen LogP contribution in [0.15, 0.2) is 18.2 Å². The summed E-state index contributed by atoms with van der Waals surface area (Å²) >= 11 is 0. The number of anilines is 1. The Labute approximate surface area is 93.2 Å². The number of carbonyl (C=O) groups is 1. The van der Waals surface area contributed by atoms with Gasteiger partial charge in [0.15, 0.2) is 6.61 Å². The van der Waals surface area contributed by atoms with Gasteiger partial charge in [-0.25, -0.2) is 0 Å². The number of amides is 1. The van der Waals surface area contributed by atoms with Crippen LogP contribution >= 0.6 is 0 Å². The first-order chi connectivity index (χ1) is 7.66. The molecule has 0 aromatic heterocycles. The van der Waals surface area contributed by atoms with E-state index in [4.69, 9.17) is 10.5 Å². The molecule has 0 radical (unpaired) electrons. The number of aromatic hydroxyl groups is 1. The number of benzene rings is 1. The molecule has 86 valence electrons. The lowest BCUT2D eigenvalue weighted by atomic mass is 10.3. The molecule has 5 nitrogen and oxygen atoms in total. The van der Waals surface area contributed by atoms with Crippen LogP contribution in [0, 0.1) is 0 Å². The highest BCUT2D eigenvalue weighted by atomic mass is 16.5. The normalized spacial score (nSPS) is 14.5. The third kappa shape index (κ3) is 2.56. The van der Waals surface area contributed by atoms with Gasteiger partial charge in [-0.1, -0.05) is 6.07 Å². The van der Waals surface area contributed by atoms with Crippen molar-refractivity contribution in [2.75, 3.05) is 12.3 Å². The molecule has 1 aliphatic rings. The molecule has 1 aromatic carbocycles. The Balaban J connectivity index is 1.88. The minimum Gasteiger partial charge on any atom is -0.506 e. The molecule has 1 fully saturated rings. The molecule has 1 aliphatic carbocycles. The van der Waals surface area contributed by atoms with Crippen molar-refractivity contribution in [3.63, 3.8) is 0 Å². The van der Waals surface area contributed by atoms with E-state index in [9.17, 15) is 9.90 Å². The summed E-state index contributed by atoms with van der Waals surface area (Å²) in [6.45, 7) is -0.0792. The van der Waals surface area contributed by atoms with Gasteiger partial charge in [0.2, 0.25) is 0 Å².